The number of rotatable bonds is 2. The van der Waals surface area contributed by atoms with Gasteiger partial charge < -0.3 is 0 Å². The molecular formula is C20H11N3O2S. The van der Waals surface area contributed by atoms with Crippen molar-refractivity contribution < 1.29 is 8.42 Å². The van der Waals surface area contributed by atoms with Gasteiger partial charge in [-0.3, -0.25) is 0 Å². The minimum Gasteiger partial charge on any atom is -0.233 e. The van der Waals surface area contributed by atoms with Crippen molar-refractivity contribution in [3.8, 4) is 12.1 Å². The van der Waals surface area contributed by atoms with E-state index in [4.69, 9.17) is 10.5 Å². The SMILES string of the molecule is N#Cc1cc(C#N)cc(S(=O)(=O)n2c3ccccc3c3ccccc32)c1. The molecule has 26 heavy (non-hydrogen) atoms. The molecule has 0 saturated carbocycles. The van der Waals surface area contributed by atoms with Gasteiger partial charge >= 0.3 is 0 Å². The Bertz CT molecular complexity index is 1280. The molecule has 3 aromatic carbocycles. The molecule has 0 saturated heterocycles. The molecule has 0 unspecified atom stereocenters. The van der Waals surface area contributed by atoms with Crippen LogP contribution in [0.2, 0.25) is 0 Å². The predicted octanol–water partition coefficient (Wildman–Crippen LogP) is 3.77. The summed E-state index contributed by atoms with van der Waals surface area (Å²) in [6.07, 6.45) is 0. The Morgan fingerprint density at radius 1 is 0.731 bits per heavy atom. The van der Waals surface area contributed by atoms with E-state index in [1.807, 2.05) is 36.4 Å². The normalized spacial score (nSPS) is 11.3. The zero-order valence-electron chi connectivity index (χ0n) is 13.4. The summed E-state index contributed by atoms with van der Waals surface area (Å²) >= 11 is 0. The fourth-order valence-electron chi connectivity index (χ4n) is 3.13. The highest BCUT2D eigenvalue weighted by Crippen LogP contribution is 2.32. The molecule has 124 valence electrons. The van der Waals surface area contributed by atoms with E-state index in [-0.39, 0.29) is 16.0 Å². The van der Waals surface area contributed by atoms with Crippen molar-refractivity contribution in [2.24, 2.45) is 0 Å². The van der Waals surface area contributed by atoms with Gasteiger partial charge in [-0.1, -0.05) is 36.4 Å². The number of hydrogen-bond donors (Lipinski definition) is 0. The van der Waals surface area contributed by atoms with Crippen LogP contribution < -0.4 is 0 Å². The molecule has 0 N–H and O–H groups in total. The molecule has 0 radical (unpaired) electrons. The van der Waals surface area contributed by atoms with E-state index < -0.39 is 10.0 Å². The first-order valence-electron chi connectivity index (χ1n) is 7.75. The number of nitriles is 2. The lowest BCUT2D eigenvalue weighted by Gasteiger charge is -2.10. The highest BCUT2D eigenvalue weighted by atomic mass is 32.2. The Morgan fingerprint density at radius 2 is 1.19 bits per heavy atom. The summed E-state index contributed by atoms with van der Waals surface area (Å²) in [6, 6.07) is 22.3. The van der Waals surface area contributed by atoms with Crippen LogP contribution in [0, 0.1) is 22.7 Å². The van der Waals surface area contributed by atoms with Crippen LogP contribution in [0.3, 0.4) is 0 Å². The molecule has 4 aromatic rings. The first-order chi connectivity index (χ1) is 12.6. The largest absolute Gasteiger partial charge is 0.268 e. The van der Waals surface area contributed by atoms with Crippen molar-refractivity contribution in [1.29, 1.82) is 10.5 Å². The molecule has 5 nitrogen and oxygen atoms in total. The van der Waals surface area contributed by atoms with E-state index in [9.17, 15) is 8.42 Å². The molecule has 0 aliphatic rings. The van der Waals surface area contributed by atoms with Crippen LogP contribution in [0.5, 0.6) is 0 Å². The highest BCUT2D eigenvalue weighted by molar-refractivity contribution is 7.90. The number of nitrogens with zero attached hydrogens (tertiary/aromatic N) is 3. The van der Waals surface area contributed by atoms with Crippen LogP contribution in [0.25, 0.3) is 21.8 Å². The molecule has 1 heterocycles. The minimum absolute atomic E-state index is 0.0837. The van der Waals surface area contributed by atoms with Crippen LogP contribution in [-0.2, 0) is 10.0 Å². The molecule has 0 aliphatic carbocycles. The van der Waals surface area contributed by atoms with Crippen LogP contribution in [0.1, 0.15) is 11.1 Å². The van der Waals surface area contributed by atoms with Gasteiger partial charge in [0, 0.05) is 10.8 Å². The summed E-state index contributed by atoms with van der Waals surface area (Å²) in [5, 5.41) is 20.0. The average Bonchev–Trinajstić information content (AvgIpc) is 3.02. The number of hydrogen-bond acceptors (Lipinski definition) is 4. The van der Waals surface area contributed by atoms with Gasteiger partial charge in [-0.05, 0) is 30.3 Å². The Hall–Kier alpha value is -3.61. The van der Waals surface area contributed by atoms with E-state index in [0.29, 0.717) is 11.0 Å². The quantitative estimate of drug-likeness (QED) is 0.546. The number of para-hydroxylation sites is 2. The molecular weight excluding hydrogens is 346 g/mol. The average molecular weight is 357 g/mol. The molecule has 0 aliphatic heterocycles. The molecule has 1 aromatic heterocycles. The van der Waals surface area contributed by atoms with Gasteiger partial charge in [0.15, 0.2) is 0 Å². The maximum Gasteiger partial charge on any atom is 0.268 e. The lowest BCUT2D eigenvalue weighted by molar-refractivity contribution is 0.590. The number of fused-ring (bicyclic) bond motifs is 3. The second-order valence-corrected chi connectivity index (χ2v) is 7.56. The first-order valence-corrected chi connectivity index (χ1v) is 9.19. The monoisotopic (exact) mass is 357 g/mol. The molecule has 0 spiro atoms. The summed E-state index contributed by atoms with van der Waals surface area (Å²) in [5.74, 6) is 0. The number of benzene rings is 3. The fourth-order valence-corrected chi connectivity index (χ4v) is 4.73. The predicted molar refractivity (Wildman–Crippen MR) is 97.9 cm³/mol. The molecule has 0 fully saturated rings. The Morgan fingerprint density at radius 3 is 1.65 bits per heavy atom. The summed E-state index contributed by atoms with van der Waals surface area (Å²) in [5.41, 5.74) is 1.36. The zero-order chi connectivity index (χ0) is 18.3. The Labute approximate surface area is 150 Å². The third-order valence-electron chi connectivity index (χ3n) is 4.24. The van der Waals surface area contributed by atoms with Crippen molar-refractivity contribution in [2.45, 2.75) is 4.90 Å². The van der Waals surface area contributed by atoms with Crippen LogP contribution in [-0.4, -0.2) is 12.4 Å². The lowest BCUT2D eigenvalue weighted by atomic mass is 10.1. The van der Waals surface area contributed by atoms with Gasteiger partial charge in [-0.25, -0.2) is 12.4 Å². The van der Waals surface area contributed by atoms with E-state index >= 15 is 0 Å². The summed E-state index contributed by atoms with van der Waals surface area (Å²) in [7, 11) is -4.00. The van der Waals surface area contributed by atoms with Gasteiger partial charge in [0.25, 0.3) is 10.0 Å². The second-order valence-electron chi connectivity index (χ2n) is 5.77. The van der Waals surface area contributed by atoms with Crippen molar-refractivity contribution in [3.63, 3.8) is 0 Å². The Kier molecular flexibility index (Phi) is 3.50. The summed E-state index contributed by atoms with van der Waals surface area (Å²) < 4.78 is 28.1. The van der Waals surface area contributed by atoms with Crippen molar-refractivity contribution in [1.82, 2.24) is 3.97 Å². The standard InChI is InChI=1S/C20H11N3O2S/c21-12-14-9-15(13-22)11-16(10-14)26(24,25)23-19-7-3-1-5-17(19)18-6-2-4-8-20(18)23/h1-11H. The van der Waals surface area contributed by atoms with E-state index in [1.54, 1.807) is 24.3 Å². The Balaban J connectivity index is 2.13. The summed E-state index contributed by atoms with van der Waals surface area (Å²) in [4.78, 5) is -0.0837. The molecule has 6 heteroatoms. The van der Waals surface area contributed by atoms with Crippen LogP contribution in [0.15, 0.2) is 71.6 Å². The topological polar surface area (TPSA) is 86.7 Å². The van der Waals surface area contributed by atoms with E-state index in [0.717, 1.165) is 10.8 Å². The van der Waals surface area contributed by atoms with Crippen molar-refractivity contribution in [2.75, 3.05) is 0 Å². The molecule has 0 atom stereocenters. The van der Waals surface area contributed by atoms with Gasteiger partial charge in [0.1, 0.15) is 0 Å². The third-order valence-corrected chi connectivity index (χ3v) is 5.94. The lowest BCUT2D eigenvalue weighted by Crippen LogP contribution is -2.13. The second kappa shape index (κ2) is 5.73. The van der Waals surface area contributed by atoms with Gasteiger partial charge in [-0.2, -0.15) is 10.5 Å². The number of aromatic nitrogens is 1. The van der Waals surface area contributed by atoms with Gasteiger partial charge in [0.2, 0.25) is 0 Å². The van der Waals surface area contributed by atoms with Crippen LogP contribution >= 0.6 is 0 Å². The highest BCUT2D eigenvalue weighted by Gasteiger charge is 2.24. The maximum absolute atomic E-state index is 13.4. The maximum atomic E-state index is 13.4. The van der Waals surface area contributed by atoms with E-state index in [2.05, 4.69) is 0 Å². The molecule has 0 amide bonds. The summed E-state index contributed by atoms with van der Waals surface area (Å²) in [6.45, 7) is 0. The third kappa shape index (κ3) is 2.25. The smallest absolute Gasteiger partial charge is 0.233 e. The van der Waals surface area contributed by atoms with Crippen LogP contribution in [0.4, 0.5) is 0 Å². The fraction of sp³-hybridized carbons (Fsp3) is 0. The molecule has 0 bridgehead atoms. The minimum atomic E-state index is -4.00. The zero-order valence-corrected chi connectivity index (χ0v) is 14.2. The van der Waals surface area contributed by atoms with Gasteiger partial charge in [-0.15, -0.1) is 0 Å². The molecule has 4 rings (SSSR count). The van der Waals surface area contributed by atoms with Gasteiger partial charge in [0.05, 0.1) is 39.2 Å². The van der Waals surface area contributed by atoms with Crippen molar-refractivity contribution >= 4 is 31.8 Å². The van der Waals surface area contributed by atoms with Crippen molar-refractivity contribution in [3.05, 3.63) is 77.9 Å². The van der Waals surface area contributed by atoms with E-state index in [1.165, 1.54) is 22.2 Å². The first kappa shape index (κ1) is 15.9.